The predicted molar refractivity (Wildman–Crippen MR) is 44.0 cm³/mol. The van der Waals surface area contributed by atoms with Crippen LogP contribution in [0.2, 0.25) is 0 Å². The maximum absolute atomic E-state index is 10.8. The van der Waals surface area contributed by atoms with Crippen molar-refractivity contribution in [3.05, 3.63) is 10.4 Å². The van der Waals surface area contributed by atoms with Crippen LogP contribution in [-0.4, -0.2) is 27.3 Å². The van der Waals surface area contributed by atoms with E-state index >= 15 is 0 Å². The van der Waals surface area contributed by atoms with Crippen LogP contribution in [-0.2, 0) is 14.3 Å². The Morgan fingerprint density at radius 3 is 2.75 bits per heavy atom. The van der Waals surface area contributed by atoms with Gasteiger partial charge in [0.15, 0.2) is 0 Å². The summed E-state index contributed by atoms with van der Waals surface area (Å²) in [4.78, 5) is 2.49. The Balaban J connectivity index is 3.69. The highest BCUT2D eigenvalue weighted by Crippen LogP contribution is 1.96. The molecule has 0 bridgehead atoms. The molecule has 0 saturated carbocycles. The maximum Gasteiger partial charge on any atom is 0.267 e. The third-order valence-corrected chi connectivity index (χ3v) is 2.40. The van der Waals surface area contributed by atoms with Crippen molar-refractivity contribution in [3.63, 3.8) is 0 Å². The van der Waals surface area contributed by atoms with Crippen molar-refractivity contribution in [1.29, 1.82) is 0 Å². The summed E-state index contributed by atoms with van der Waals surface area (Å²) in [5.74, 6) is -0.0974. The van der Waals surface area contributed by atoms with E-state index in [4.69, 9.17) is 5.53 Å². The molecule has 0 N–H and O–H groups in total. The molecule has 0 saturated heterocycles. The largest absolute Gasteiger partial charge is 0.270 e. The van der Waals surface area contributed by atoms with E-state index in [1.54, 1.807) is 6.92 Å². The molecule has 0 heterocycles. The number of hydrogen-bond donors (Lipinski definition) is 0. The fourth-order valence-electron chi connectivity index (χ4n) is 0.595. The standard InChI is InChI=1S/C5H11N3O3S/c1-2-11-12(9,10)5-3-4-7-8-6/h2-5H2,1H3. The third kappa shape index (κ3) is 5.96. The SMILES string of the molecule is CCOS(=O)(=O)CCCN=[N+]=[N-]. The van der Waals surface area contributed by atoms with Crippen LogP contribution >= 0.6 is 0 Å². The minimum Gasteiger partial charge on any atom is -0.270 e. The number of hydrogen-bond acceptors (Lipinski definition) is 4. The lowest BCUT2D eigenvalue weighted by molar-refractivity contribution is 0.337. The Morgan fingerprint density at radius 2 is 2.25 bits per heavy atom. The Morgan fingerprint density at radius 1 is 1.58 bits per heavy atom. The molecule has 0 fully saturated rings. The van der Waals surface area contributed by atoms with Crippen molar-refractivity contribution in [1.82, 2.24) is 0 Å². The van der Waals surface area contributed by atoms with Gasteiger partial charge >= 0.3 is 0 Å². The summed E-state index contributed by atoms with van der Waals surface area (Å²) in [5.41, 5.74) is 7.88. The summed E-state index contributed by atoms with van der Waals surface area (Å²) in [6, 6.07) is 0. The average molecular weight is 193 g/mol. The zero-order valence-corrected chi connectivity index (χ0v) is 7.62. The van der Waals surface area contributed by atoms with Crippen LogP contribution in [0.5, 0.6) is 0 Å². The van der Waals surface area contributed by atoms with Crippen molar-refractivity contribution in [2.45, 2.75) is 13.3 Å². The molecule has 0 aromatic rings. The highest BCUT2D eigenvalue weighted by molar-refractivity contribution is 7.86. The van der Waals surface area contributed by atoms with Gasteiger partial charge in [-0.1, -0.05) is 5.11 Å². The lowest BCUT2D eigenvalue weighted by atomic mass is 10.5. The first-order valence-electron chi connectivity index (χ1n) is 3.50. The summed E-state index contributed by atoms with van der Waals surface area (Å²) in [6.45, 7) is 1.93. The Kier molecular flexibility index (Phi) is 5.44. The number of rotatable bonds is 6. The topological polar surface area (TPSA) is 92.1 Å². The zero-order chi connectivity index (χ0) is 9.45. The molecule has 0 atom stereocenters. The van der Waals surface area contributed by atoms with E-state index in [1.165, 1.54) is 0 Å². The second-order valence-electron chi connectivity index (χ2n) is 1.98. The van der Waals surface area contributed by atoms with E-state index in [2.05, 4.69) is 14.2 Å². The molecule has 0 amide bonds. The van der Waals surface area contributed by atoms with E-state index in [1.807, 2.05) is 0 Å². The summed E-state index contributed by atoms with van der Waals surface area (Å²) < 4.78 is 26.1. The van der Waals surface area contributed by atoms with Crippen LogP contribution in [0.4, 0.5) is 0 Å². The van der Waals surface area contributed by atoms with Gasteiger partial charge in [-0.3, -0.25) is 4.18 Å². The molecule has 0 aromatic carbocycles. The lowest BCUT2D eigenvalue weighted by Gasteiger charge is -2.00. The van der Waals surface area contributed by atoms with Crippen molar-refractivity contribution in [2.24, 2.45) is 5.11 Å². The summed E-state index contributed by atoms with van der Waals surface area (Å²) in [5, 5.41) is 3.20. The molecule has 0 aromatic heterocycles. The van der Waals surface area contributed by atoms with Gasteiger partial charge in [0, 0.05) is 11.5 Å². The molecule has 6 nitrogen and oxygen atoms in total. The van der Waals surface area contributed by atoms with Crippen molar-refractivity contribution < 1.29 is 12.6 Å². The van der Waals surface area contributed by atoms with Crippen LogP contribution in [0.15, 0.2) is 5.11 Å². The molecular formula is C5H11N3O3S. The molecular weight excluding hydrogens is 182 g/mol. The van der Waals surface area contributed by atoms with Crippen molar-refractivity contribution >= 4 is 10.1 Å². The molecule has 0 aliphatic carbocycles. The highest BCUT2D eigenvalue weighted by Gasteiger charge is 2.07. The maximum atomic E-state index is 10.8. The van der Waals surface area contributed by atoms with Gasteiger partial charge in [0.05, 0.1) is 12.4 Å². The normalized spacial score (nSPS) is 10.8. The van der Waals surface area contributed by atoms with E-state index < -0.39 is 10.1 Å². The smallest absolute Gasteiger partial charge is 0.267 e. The van der Waals surface area contributed by atoms with E-state index in [-0.39, 0.29) is 18.9 Å². The zero-order valence-electron chi connectivity index (χ0n) is 6.80. The second kappa shape index (κ2) is 5.82. The van der Waals surface area contributed by atoms with Gasteiger partial charge in [-0.05, 0) is 18.9 Å². The fourth-order valence-corrected chi connectivity index (χ4v) is 1.55. The van der Waals surface area contributed by atoms with Gasteiger partial charge in [-0.15, -0.1) is 0 Å². The third-order valence-electron chi connectivity index (χ3n) is 1.01. The first-order valence-corrected chi connectivity index (χ1v) is 5.08. The molecule has 0 spiro atoms. The van der Waals surface area contributed by atoms with Crippen LogP contribution < -0.4 is 0 Å². The van der Waals surface area contributed by atoms with Gasteiger partial charge in [0.1, 0.15) is 0 Å². The van der Waals surface area contributed by atoms with Crippen LogP contribution in [0.25, 0.3) is 10.4 Å². The van der Waals surface area contributed by atoms with Crippen LogP contribution in [0, 0.1) is 0 Å². The molecule has 0 rings (SSSR count). The number of nitrogens with zero attached hydrogens (tertiary/aromatic N) is 3. The molecule has 70 valence electrons. The van der Waals surface area contributed by atoms with Gasteiger partial charge in [-0.25, -0.2) is 0 Å². The van der Waals surface area contributed by atoms with Gasteiger partial charge < -0.3 is 0 Å². The van der Waals surface area contributed by atoms with E-state index in [0.717, 1.165) is 0 Å². The molecule has 0 radical (unpaired) electrons. The van der Waals surface area contributed by atoms with Crippen LogP contribution in [0.3, 0.4) is 0 Å². The van der Waals surface area contributed by atoms with Gasteiger partial charge in [0.25, 0.3) is 10.1 Å². The Bertz CT molecular complexity index is 255. The lowest BCUT2D eigenvalue weighted by Crippen LogP contribution is -2.10. The quantitative estimate of drug-likeness (QED) is 0.207. The second-order valence-corrected chi connectivity index (χ2v) is 3.74. The minimum absolute atomic E-state index is 0.0974. The predicted octanol–water partition coefficient (Wildman–Crippen LogP) is 1.05. The molecule has 0 unspecified atom stereocenters. The average Bonchev–Trinajstić information content (AvgIpc) is 1.98. The summed E-state index contributed by atoms with van der Waals surface area (Å²) in [6.07, 6.45) is 0.298. The fraction of sp³-hybridized carbons (Fsp3) is 1.00. The molecule has 0 aliphatic rings. The Labute approximate surface area is 71.3 Å². The minimum atomic E-state index is -3.40. The molecule has 12 heavy (non-hydrogen) atoms. The van der Waals surface area contributed by atoms with Crippen molar-refractivity contribution in [2.75, 3.05) is 18.9 Å². The summed E-state index contributed by atoms with van der Waals surface area (Å²) >= 11 is 0. The van der Waals surface area contributed by atoms with E-state index in [0.29, 0.717) is 6.42 Å². The summed E-state index contributed by atoms with van der Waals surface area (Å²) in [7, 11) is -3.40. The highest BCUT2D eigenvalue weighted by atomic mass is 32.2. The Hall–Kier alpha value is -0.780. The van der Waals surface area contributed by atoms with Crippen LogP contribution in [0.1, 0.15) is 13.3 Å². The van der Waals surface area contributed by atoms with Gasteiger partial charge in [-0.2, -0.15) is 8.42 Å². The van der Waals surface area contributed by atoms with E-state index in [9.17, 15) is 8.42 Å². The van der Waals surface area contributed by atoms with Gasteiger partial charge in [0.2, 0.25) is 0 Å². The number of azide groups is 1. The first-order chi connectivity index (χ1) is 5.62. The molecule has 7 heteroatoms. The van der Waals surface area contributed by atoms with Crippen molar-refractivity contribution in [3.8, 4) is 0 Å². The first kappa shape index (κ1) is 11.2. The molecule has 0 aliphatic heterocycles. The monoisotopic (exact) mass is 193 g/mol.